The molecule has 0 saturated heterocycles. The lowest BCUT2D eigenvalue weighted by molar-refractivity contribution is 0.905. The summed E-state index contributed by atoms with van der Waals surface area (Å²) >= 11 is 0. The molecule has 0 bridgehead atoms. The fourth-order valence-electron chi connectivity index (χ4n) is 0.325. The summed E-state index contributed by atoms with van der Waals surface area (Å²) in [4.78, 5) is 3.89. The molecule has 4 nitrogen and oxygen atoms in total. The van der Waals surface area contributed by atoms with Crippen molar-refractivity contribution in [3.63, 3.8) is 0 Å². The van der Waals surface area contributed by atoms with Crippen LogP contribution < -0.4 is 16.0 Å². The zero-order valence-corrected chi connectivity index (χ0v) is 6.94. The summed E-state index contributed by atoms with van der Waals surface area (Å²) in [5.41, 5.74) is 0. The summed E-state index contributed by atoms with van der Waals surface area (Å²) in [6.45, 7) is 7.23. The molecular weight excluding hydrogens is 140 g/mol. The average molecular weight is 154 g/mol. The van der Waals surface area contributed by atoms with E-state index < -0.39 is 0 Å². The van der Waals surface area contributed by atoms with Crippen molar-refractivity contribution in [2.45, 2.75) is 0 Å². The molecule has 0 aromatic heterocycles. The van der Waals surface area contributed by atoms with Gasteiger partial charge in [0.1, 0.15) is 5.82 Å². The first-order valence-corrected chi connectivity index (χ1v) is 3.23. The molecule has 0 unspecified atom stereocenters. The molecule has 0 spiro atoms. The Bertz CT molecular complexity index is 171. The molecule has 4 heteroatoms. The van der Waals surface area contributed by atoms with E-state index >= 15 is 0 Å². The Morgan fingerprint density at radius 1 is 1.27 bits per heavy atom. The maximum Gasteiger partial charge on any atom is 0.120 e. The first-order chi connectivity index (χ1) is 5.20. The van der Waals surface area contributed by atoms with E-state index in [1.807, 2.05) is 0 Å². The average Bonchev–Trinajstić information content (AvgIpc) is 2.04. The third-order valence-electron chi connectivity index (χ3n) is 1.05. The molecule has 0 aliphatic heterocycles. The summed E-state index contributed by atoms with van der Waals surface area (Å²) in [7, 11) is 3.53. The lowest BCUT2D eigenvalue weighted by Crippen LogP contribution is -2.21. The number of nitrogens with zero attached hydrogens (tertiary/aromatic N) is 1. The Kier molecular flexibility index (Phi) is 4.64. The molecule has 0 heterocycles. The largest absolute Gasteiger partial charge is 0.375 e. The monoisotopic (exact) mass is 154 g/mol. The van der Waals surface area contributed by atoms with Crippen LogP contribution in [0.2, 0.25) is 0 Å². The Hall–Kier alpha value is -1.45. The molecule has 0 amide bonds. The van der Waals surface area contributed by atoms with Crippen molar-refractivity contribution < 1.29 is 0 Å². The van der Waals surface area contributed by atoms with Gasteiger partial charge in [0.15, 0.2) is 0 Å². The smallest absolute Gasteiger partial charge is 0.120 e. The van der Waals surface area contributed by atoms with Gasteiger partial charge in [0.2, 0.25) is 0 Å². The quantitative estimate of drug-likeness (QED) is 0.385. The number of hydrogen-bond donors (Lipinski definition) is 3. The molecule has 0 aromatic carbocycles. The van der Waals surface area contributed by atoms with E-state index in [1.54, 1.807) is 14.1 Å². The Balaban J connectivity index is 3.60. The van der Waals surface area contributed by atoms with E-state index in [0.717, 1.165) is 0 Å². The van der Waals surface area contributed by atoms with E-state index in [2.05, 4.69) is 34.1 Å². The highest BCUT2D eigenvalue weighted by Crippen LogP contribution is 1.79. The topological polar surface area (TPSA) is 48.5 Å². The molecule has 0 aliphatic rings. The molecule has 0 aromatic rings. The van der Waals surface area contributed by atoms with Crippen LogP contribution in [-0.2, 0) is 0 Å². The Labute approximate surface area is 67.1 Å². The number of hydrogen-bond acceptors (Lipinski definition) is 3. The Morgan fingerprint density at radius 2 is 1.91 bits per heavy atom. The van der Waals surface area contributed by atoms with Crippen molar-refractivity contribution in [2.75, 3.05) is 14.1 Å². The predicted octanol–water partition coefficient (Wildman–Crippen LogP) is -0.0145. The highest BCUT2D eigenvalue weighted by atomic mass is 15.1. The van der Waals surface area contributed by atoms with Crippen molar-refractivity contribution in [3.8, 4) is 0 Å². The van der Waals surface area contributed by atoms with Crippen LogP contribution in [0, 0.1) is 0 Å². The van der Waals surface area contributed by atoms with Crippen molar-refractivity contribution in [1.29, 1.82) is 0 Å². The van der Waals surface area contributed by atoms with Crippen LogP contribution in [-0.4, -0.2) is 20.4 Å². The minimum absolute atomic E-state index is 0.599. The molecule has 0 rings (SSSR count). The van der Waals surface area contributed by atoms with Crippen LogP contribution in [0.5, 0.6) is 0 Å². The first-order valence-electron chi connectivity index (χ1n) is 3.23. The minimum Gasteiger partial charge on any atom is -0.375 e. The normalized spacial score (nSPS) is 9.27. The summed E-state index contributed by atoms with van der Waals surface area (Å²) in [5, 5.41) is 8.38. The highest BCUT2D eigenvalue weighted by molar-refractivity contribution is 5.58. The van der Waals surface area contributed by atoms with Gasteiger partial charge in [-0.3, -0.25) is 0 Å². The van der Waals surface area contributed by atoms with Gasteiger partial charge in [-0.05, 0) is 0 Å². The van der Waals surface area contributed by atoms with Crippen molar-refractivity contribution in [1.82, 2.24) is 16.0 Å². The molecule has 0 saturated carbocycles. The predicted molar refractivity (Wildman–Crippen MR) is 48.0 cm³/mol. The van der Waals surface area contributed by atoms with E-state index in [0.29, 0.717) is 11.6 Å². The van der Waals surface area contributed by atoms with Crippen LogP contribution in [0.4, 0.5) is 0 Å². The molecule has 62 valence electrons. The molecule has 0 aliphatic carbocycles. The van der Waals surface area contributed by atoms with Gasteiger partial charge in [-0.15, -0.1) is 0 Å². The maximum absolute atomic E-state index is 3.89. The van der Waals surface area contributed by atoms with Gasteiger partial charge in [0.05, 0.1) is 12.2 Å². The molecule has 0 fully saturated rings. The fourth-order valence-corrected chi connectivity index (χ4v) is 0.325. The van der Waals surface area contributed by atoms with Crippen LogP contribution in [0.1, 0.15) is 0 Å². The number of aliphatic imine (C=N–C) groups is 1. The summed E-state index contributed by atoms with van der Waals surface area (Å²) < 4.78 is 0. The Morgan fingerprint density at radius 3 is 2.36 bits per heavy atom. The summed E-state index contributed by atoms with van der Waals surface area (Å²) in [6.07, 6.45) is 1.51. The van der Waals surface area contributed by atoms with Crippen molar-refractivity contribution in [3.05, 3.63) is 24.8 Å². The molecular formula is C7H14N4. The maximum atomic E-state index is 3.89. The van der Waals surface area contributed by atoms with Gasteiger partial charge in [0, 0.05) is 14.1 Å². The standard InChI is InChI=1S/C7H14N4/c1-6(8-3)10-5-11-7(2)9-4/h5,8-9H,1-2H2,3-4H3,(H,10,11). The zero-order valence-electron chi connectivity index (χ0n) is 6.94. The molecule has 11 heavy (non-hydrogen) atoms. The van der Waals surface area contributed by atoms with Gasteiger partial charge in [-0.25, -0.2) is 4.99 Å². The van der Waals surface area contributed by atoms with Gasteiger partial charge in [-0.2, -0.15) is 0 Å². The summed E-state index contributed by atoms with van der Waals surface area (Å²) in [6, 6.07) is 0. The van der Waals surface area contributed by atoms with Gasteiger partial charge in [0.25, 0.3) is 0 Å². The van der Waals surface area contributed by atoms with Gasteiger partial charge < -0.3 is 16.0 Å². The number of rotatable bonds is 5. The van der Waals surface area contributed by atoms with E-state index in [1.165, 1.54) is 6.34 Å². The van der Waals surface area contributed by atoms with Crippen LogP contribution in [0.15, 0.2) is 29.8 Å². The van der Waals surface area contributed by atoms with Crippen molar-refractivity contribution in [2.24, 2.45) is 4.99 Å². The van der Waals surface area contributed by atoms with E-state index in [-0.39, 0.29) is 0 Å². The first kappa shape index (κ1) is 9.55. The van der Waals surface area contributed by atoms with Gasteiger partial charge >= 0.3 is 0 Å². The third-order valence-corrected chi connectivity index (χ3v) is 1.05. The lowest BCUT2D eigenvalue weighted by atomic mass is 10.7. The molecule has 0 radical (unpaired) electrons. The van der Waals surface area contributed by atoms with Crippen LogP contribution in [0.25, 0.3) is 0 Å². The minimum atomic E-state index is 0.599. The second-order valence-corrected chi connectivity index (χ2v) is 1.83. The van der Waals surface area contributed by atoms with Crippen molar-refractivity contribution >= 4 is 6.34 Å². The second-order valence-electron chi connectivity index (χ2n) is 1.83. The molecule has 0 atom stereocenters. The van der Waals surface area contributed by atoms with Gasteiger partial charge in [-0.1, -0.05) is 13.2 Å². The van der Waals surface area contributed by atoms with E-state index in [9.17, 15) is 0 Å². The van der Waals surface area contributed by atoms with Crippen LogP contribution in [0.3, 0.4) is 0 Å². The van der Waals surface area contributed by atoms with E-state index in [4.69, 9.17) is 0 Å². The highest BCUT2D eigenvalue weighted by Gasteiger charge is 1.81. The van der Waals surface area contributed by atoms with Crippen LogP contribution >= 0.6 is 0 Å². The fraction of sp³-hybridized carbons (Fsp3) is 0.286. The SMILES string of the molecule is C=C(N=CNC(=C)NC)NC. The summed E-state index contributed by atoms with van der Waals surface area (Å²) in [5.74, 6) is 1.29. The third kappa shape index (κ3) is 5.02. The lowest BCUT2D eigenvalue weighted by Gasteiger charge is -2.02. The number of nitrogens with one attached hydrogen (secondary N) is 3. The molecule has 3 N–H and O–H groups in total. The zero-order chi connectivity index (χ0) is 8.69. The second kappa shape index (κ2) is 5.34.